The van der Waals surface area contributed by atoms with Crippen LogP contribution in [0.2, 0.25) is 0 Å². The summed E-state index contributed by atoms with van der Waals surface area (Å²) in [5, 5.41) is 3.01. The van der Waals surface area contributed by atoms with Crippen molar-refractivity contribution in [3.05, 3.63) is 48.3 Å². The van der Waals surface area contributed by atoms with E-state index in [9.17, 15) is 0 Å². The van der Waals surface area contributed by atoms with Gasteiger partial charge >= 0.3 is 0 Å². The number of nitrogens with one attached hydrogen (secondary N) is 1. The maximum atomic E-state index is 5.65. The highest BCUT2D eigenvalue weighted by Gasteiger charge is 1.97. The number of ether oxygens (including phenoxy) is 2. The molecule has 0 spiro atoms. The van der Waals surface area contributed by atoms with Crippen molar-refractivity contribution in [1.29, 1.82) is 0 Å². The number of terminal acetylenes is 1. The SMILES string of the molecule is C#C/C=C(\C=C/CNC)Oc1ccc(OC)cc1. The standard InChI is InChI=1S/C15H17NO2/c1-4-6-14(7-5-12-16-2)18-15-10-8-13(17-3)9-11-15/h1,5-11,16H,12H2,2-3H3/b7-5-,14-6+. The molecule has 0 saturated heterocycles. The molecule has 3 heteroatoms. The van der Waals surface area contributed by atoms with E-state index in [1.165, 1.54) is 0 Å². The molecule has 94 valence electrons. The molecular formula is C15H17NO2. The van der Waals surface area contributed by atoms with E-state index in [0.717, 1.165) is 12.3 Å². The lowest BCUT2D eigenvalue weighted by Gasteiger charge is -2.06. The highest BCUT2D eigenvalue weighted by atomic mass is 16.5. The minimum absolute atomic E-state index is 0.623. The van der Waals surface area contributed by atoms with Gasteiger partial charge in [-0.15, -0.1) is 6.42 Å². The van der Waals surface area contributed by atoms with E-state index in [1.54, 1.807) is 13.2 Å². The molecule has 0 aliphatic rings. The van der Waals surface area contributed by atoms with E-state index in [2.05, 4.69) is 11.2 Å². The van der Waals surface area contributed by atoms with Crippen LogP contribution >= 0.6 is 0 Å². The zero-order valence-electron chi connectivity index (χ0n) is 10.6. The molecule has 0 radical (unpaired) electrons. The van der Waals surface area contributed by atoms with Gasteiger partial charge < -0.3 is 14.8 Å². The molecule has 1 N–H and O–H groups in total. The second-order valence-corrected chi connectivity index (χ2v) is 3.45. The Kier molecular flexibility index (Phi) is 6.16. The van der Waals surface area contributed by atoms with Crippen LogP contribution in [0.25, 0.3) is 0 Å². The zero-order chi connectivity index (χ0) is 13.2. The summed E-state index contributed by atoms with van der Waals surface area (Å²) in [4.78, 5) is 0. The first-order valence-corrected chi connectivity index (χ1v) is 5.59. The van der Waals surface area contributed by atoms with Gasteiger partial charge in [-0.25, -0.2) is 0 Å². The fourth-order valence-electron chi connectivity index (χ4n) is 1.27. The molecule has 18 heavy (non-hydrogen) atoms. The average Bonchev–Trinajstić information content (AvgIpc) is 2.40. The smallest absolute Gasteiger partial charge is 0.135 e. The minimum atomic E-state index is 0.623. The molecule has 0 heterocycles. The zero-order valence-corrected chi connectivity index (χ0v) is 10.6. The van der Waals surface area contributed by atoms with Crippen LogP contribution in [0.4, 0.5) is 0 Å². The van der Waals surface area contributed by atoms with Crippen LogP contribution in [0.15, 0.2) is 48.3 Å². The summed E-state index contributed by atoms with van der Waals surface area (Å²) >= 11 is 0. The lowest BCUT2D eigenvalue weighted by atomic mass is 10.3. The van der Waals surface area contributed by atoms with Crippen LogP contribution in [0.1, 0.15) is 0 Å². The average molecular weight is 243 g/mol. The number of methoxy groups -OCH3 is 1. The summed E-state index contributed by atoms with van der Waals surface area (Å²) in [5.74, 6) is 4.58. The molecule has 0 atom stereocenters. The van der Waals surface area contributed by atoms with Gasteiger partial charge in [-0.1, -0.05) is 12.0 Å². The van der Waals surface area contributed by atoms with Crippen molar-refractivity contribution in [3.8, 4) is 23.8 Å². The predicted octanol–water partition coefficient (Wildman–Crippen LogP) is 2.37. The Morgan fingerprint density at radius 3 is 2.56 bits per heavy atom. The van der Waals surface area contributed by atoms with Crippen molar-refractivity contribution >= 4 is 0 Å². The Labute approximate surface area is 108 Å². The van der Waals surface area contributed by atoms with E-state index in [4.69, 9.17) is 15.9 Å². The molecule has 3 nitrogen and oxygen atoms in total. The van der Waals surface area contributed by atoms with E-state index < -0.39 is 0 Å². The van der Waals surface area contributed by atoms with Gasteiger partial charge in [0.2, 0.25) is 0 Å². The van der Waals surface area contributed by atoms with E-state index in [0.29, 0.717) is 11.5 Å². The van der Waals surface area contributed by atoms with Gasteiger partial charge in [0, 0.05) is 12.6 Å². The summed E-state index contributed by atoms with van der Waals surface area (Å²) in [5.41, 5.74) is 0. The summed E-state index contributed by atoms with van der Waals surface area (Å²) in [6, 6.07) is 7.32. The Balaban J connectivity index is 2.71. The van der Waals surface area contributed by atoms with Gasteiger partial charge in [-0.05, 0) is 37.4 Å². The molecule has 0 bridgehead atoms. The number of likely N-dealkylation sites (N-methyl/N-ethyl adjacent to an activating group) is 1. The minimum Gasteiger partial charge on any atom is -0.497 e. The largest absolute Gasteiger partial charge is 0.497 e. The van der Waals surface area contributed by atoms with E-state index in [1.807, 2.05) is 43.5 Å². The Morgan fingerprint density at radius 1 is 1.33 bits per heavy atom. The van der Waals surface area contributed by atoms with E-state index >= 15 is 0 Å². The van der Waals surface area contributed by atoms with Crippen LogP contribution in [0.3, 0.4) is 0 Å². The molecule has 0 aliphatic heterocycles. The van der Waals surface area contributed by atoms with Gasteiger partial charge in [0.15, 0.2) is 0 Å². The molecule has 0 unspecified atom stereocenters. The maximum Gasteiger partial charge on any atom is 0.135 e. The fourth-order valence-corrected chi connectivity index (χ4v) is 1.27. The summed E-state index contributed by atoms with van der Waals surface area (Å²) in [6.45, 7) is 0.758. The van der Waals surface area contributed by atoms with Crippen molar-refractivity contribution in [2.24, 2.45) is 0 Å². The third kappa shape index (κ3) is 4.77. The Bertz CT molecular complexity index is 452. The van der Waals surface area contributed by atoms with Crippen molar-refractivity contribution in [1.82, 2.24) is 5.32 Å². The van der Waals surface area contributed by atoms with Crippen molar-refractivity contribution in [3.63, 3.8) is 0 Å². The first-order valence-electron chi connectivity index (χ1n) is 5.59. The molecular weight excluding hydrogens is 226 g/mol. The van der Waals surface area contributed by atoms with Gasteiger partial charge in [0.1, 0.15) is 17.3 Å². The molecule has 1 rings (SSSR count). The summed E-state index contributed by atoms with van der Waals surface area (Å²) in [7, 11) is 3.50. The number of allylic oxidation sites excluding steroid dienone is 2. The van der Waals surface area contributed by atoms with Crippen molar-refractivity contribution < 1.29 is 9.47 Å². The van der Waals surface area contributed by atoms with Crippen LogP contribution in [0.5, 0.6) is 11.5 Å². The lowest BCUT2D eigenvalue weighted by molar-refractivity contribution is 0.410. The highest BCUT2D eigenvalue weighted by Crippen LogP contribution is 2.19. The van der Waals surface area contributed by atoms with E-state index in [-0.39, 0.29) is 0 Å². The van der Waals surface area contributed by atoms with Crippen LogP contribution < -0.4 is 14.8 Å². The molecule has 1 aromatic carbocycles. The third-order valence-corrected chi connectivity index (χ3v) is 2.12. The Hall–Kier alpha value is -2.18. The predicted molar refractivity (Wildman–Crippen MR) is 73.6 cm³/mol. The van der Waals surface area contributed by atoms with Crippen LogP contribution in [-0.4, -0.2) is 20.7 Å². The molecule has 0 amide bonds. The number of benzene rings is 1. The topological polar surface area (TPSA) is 30.5 Å². The van der Waals surface area contributed by atoms with Gasteiger partial charge in [-0.2, -0.15) is 0 Å². The summed E-state index contributed by atoms with van der Waals surface area (Å²) in [6.07, 6.45) is 10.6. The third-order valence-electron chi connectivity index (χ3n) is 2.12. The maximum absolute atomic E-state index is 5.65. The molecule has 1 aromatic rings. The van der Waals surface area contributed by atoms with Crippen LogP contribution in [0, 0.1) is 12.3 Å². The Morgan fingerprint density at radius 2 is 2.00 bits per heavy atom. The highest BCUT2D eigenvalue weighted by molar-refractivity contribution is 5.34. The first kappa shape index (κ1) is 13.9. The lowest BCUT2D eigenvalue weighted by Crippen LogP contribution is -2.04. The van der Waals surface area contributed by atoms with Crippen LogP contribution in [-0.2, 0) is 0 Å². The van der Waals surface area contributed by atoms with Crippen molar-refractivity contribution in [2.75, 3.05) is 20.7 Å². The number of rotatable bonds is 6. The molecule has 0 fully saturated rings. The second kappa shape index (κ2) is 7.99. The fraction of sp³-hybridized carbons (Fsp3) is 0.200. The van der Waals surface area contributed by atoms with Gasteiger partial charge in [-0.3, -0.25) is 0 Å². The van der Waals surface area contributed by atoms with Crippen molar-refractivity contribution in [2.45, 2.75) is 0 Å². The number of hydrogen-bond acceptors (Lipinski definition) is 3. The van der Waals surface area contributed by atoms with Gasteiger partial charge in [0.25, 0.3) is 0 Å². The van der Waals surface area contributed by atoms with Gasteiger partial charge in [0.05, 0.1) is 7.11 Å². The monoisotopic (exact) mass is 243 g/mol. The number of hydrogen-bond donors (Lipinski definition) is 1. The molecule has 0 aliphatic carbocycles. The molecule has 0 aromatic heterocycles. The second-order valence-electron chi connectivity index (χ2n) is 3.45. The quantitative estimate of drug-likeness (QED) is 0.472. The normalized spacial score (nSPS) is 11.3. The first-order chi connectivity index (χ1) is 8.80. The molecule has 0 saturated carbocycles. The summed E-state index contributed by atoms with van der Waals surface area (Å²) < 4.78 is 10.7.